The number of benzene rings is 1. The molecule has 0 radical (unpaired) electrons. The second kappa shape index (κ2) is 8.92. The molecule has 6 heteroatoms. The Kier molecular flexibility index (Phi) is 7.90. The zero-order valence-corrected chi connectivity index (χ0v) is 14.3. The molecule has 3 nitrogen and oxygen atoms in total. The monoisotopic (exact) mass is 351 g/mol. The van der Waals surface area contributed by atoms with Crippen molar-refractivity contribution in [3.63, 3.8) is 0 Å². The van der Waals surface area contributed by atoms with Crippen LogP contribution in [0.2, 0.25) is 5.02 Å². The minimum absolute atomic E-state index is 0. The summed E-state index contributed by atoms with van der Waals surface area (Å²) in [5.74, 6) is -0.310. The second-order valence-electron chi connectivity index (χ2n) is 5.66. The van der Waals surface area contributed by atoms with Gasteiger partial charge in [-0.2, -0.15) is 0 Å². The zero-order chi connectivity index (χ0) is 15.4. The Morgan fingerprint density at radius 3 is 2.55 bits per heavy atom. The number of ether oxygens (including phenoxy) is 1. The van der Waals surface area contributed by atoms with Gasteiger partial charge in [0.25, 0.3) is 0 Å². The molecule has 1 aromatic rings. The van der Waals surface area contributed by atoms with Gasteiger partial charge in [-0.1, -0.05) is 30.9 Å². The first-order chi connectivity index (χ1) is 10.0. The van der Waals surface area contributed by atoms with Gasteiger partial charge in [0.1, 0.15) is 0 Å². The van der Waals surface area contributed by atoms with Crippen LogP contribution in [-0.4, -0.2) is 17.8 Å². The lowest BCUT2D eigenvalue weighted by atomic mass is 9.81. The van der Waals surface area contributed by atoms with Crippen LogP contribution < -0.4 is 10.5 Å². The van der Waals surface area contributed by atoms with E-state index in [1.54, 1.807) is 13.0 Å². The Hall–Kier alpha value is -0.550. The SMILES string of the molecule is CCOc1c(F)cc([C@H](N)[C@H](O)C2CCCCC2)cc1Cl.Cl. The highest BCUT2D eigenvalue weighted by Gasteiger charge is 2.28. The molecular formula is C16H24Cl2FNO2. The van der Waals surface area contributed by atoms with Crippen LogP contribution in [0.1, 0.15) is 50.6 Å². The lowest BCUT2D eigenvalue weighted by Crippen LogP contribution is -2.34. The zero-order valence-electron chi connectivity index (χ0n) is 12.7. The number of hydrogen-bond donors (Lipinski definition) is 2. The number of aliphatic hydroxyl groups excluding tert-OH is 1. The van der Waals surface area contributed by atoms with Crippen molar-refractivity contribution in [2.45, 2.75) is 51.2 Å². The third kappa shape index (κ3) is 4.48. The van der Waals surface area contributed by atoms with E-state index in [2.05, 4.69) is 0 Å². The van der Waals surface area contributed by atoms with E-state index in [4.69, 9.17) is 22.1 Å². The standard InChI is InChI=1S/C16H23ClFNO2.ClH/c1-2-21-16-12(17)8-11(9-13(16)18)14(19)15(20)10-6-4-3-5-7-10;/h8-10,14-15,20H,2-7,19H2,1H3;1H/t14-,15+;/m0./s1. The number of rotatable bonds is 5. The average molecular weight is 352 g/mol. The first kappa shape index (κ1) is 19.5. The summed E-state index contributed by atoms with van der Waals surface area (Å²) in [6, 6.07) is 2.27. The van der Waals surface area contributed by atoms with E-state index in [9.17, 15) is 9.50 Å². The molecule has 1 saturated carbocycles. The van der Waals surface area contributed by atoms with Crippen molar-refractivity contribution < 1.29 is 14.2 Å². The summed E-state index contributed by atoms with van der Waals surface area (Å²) in [6.07, 6.45) is 4.73. The van der Waals surface area contributed by atoms with Crippen LogP contribution in [0.3, 0.4) is 0 Å². The molecule has 3 N–H and O–H groups in total. The molecule has 2 rings (SSSR count). The van der Waals surface area contributed by atoms with Crippen LogP contribution in [-0.2, 0) is 0 Å². The lowest BCUT2D eigenvalue weighted by Gasteiger charge is -2.30. The van der Waals surface area contributed by atoms with E-state index in [-0.39, 0.29) is 29.1 Å². The van der Waals surface area contributed by atoms with Gasteiger partial charge in [-0.05, 0) is 43.4 Å². The molecule has 0 amide bonds. The molecule has 22 heavy (non-hydrogen) atoms. The Labute approximate surface area is 142 Å². The van der Waals surface area contributed by atoms with Gasteiger partial charge in [0, 0.05) is 0 Å². The molecule has 2 atom stereocenters. The molecule has 0 spiro atoms. The molecule has 126 valence electrons. The van der Waals surface area contributed by atoms with Gasteiger partial charge < -0.3 is 15.6 Å². The Morgan fingerprint density at radius 1 is 1.36 bits per heavy atom. The van der Waals surface area contributed by atoms with Crippen LogP contribution in [0.4, 0.5) is 4.39 Å². The van der Waals surface area contributed by atoms with Gasteiger partial charge in [0.15, 0.2) is 11.6 Å². The van der Waals surface area contributed by atoms with Gasteiger partial charge in [-0.15, -0.1) is 12.4 Å². The predicted octanol–water partition coefficient (Wildman–Crippen LogP) is 4.24. The van der Waals surface area contributed by atoms with Crippen molar-refractivity contribution in [3.05, 3.63) is 28.5 Å². The molecular weight excluding hydrogens is 328 g/mol. The molecule has 0 aliphatic heterocycles. The van der Waals surface area contributed by atoms with Gasteiger partial charge in [0.05, 0.1) is 23.8 Å². The minimum atomic E-state index is -0.668. The van der Waals surface area contributed by atoms with Crippen LogP contribution in [0, 0.1) is 11.7 Å². The smallest absolute Gasteiger partial charge is 0.173 e. The summed E-state index contributed by atoms with van der Waals surface area (Å²) >= 11 is 6.05. The molecule has 1 aliphatic rings. The highest BCUT2D eigenvalue weighted by Crippen LogP contribution is 2.35. The Balaban J connectivity index is 0.00000242. The maximum atomic E-state index is 14.0. The first-order valence-corrected chi connectivity index (χ1v) is 7.97. The molecule has 1 aromatic carbocycles. The fraction of sp³-hybridized carbons (Fsp3) is 0.625. The third-order valence-corrected chi connectivity index (χ3v) is 4.48. The van der Waals surface area contributed by atoms with E-state index < -0.39 is 18.0 Å². The summed E-state index contributed by atoms with van der Waals surface area (Å²) in [7, 11) is 0. The summed E-state index contributed by atoms with van der Waals surface area (Å²) < 4.78 is 19.2. The van der Waals surface area contributed by atoms with E-state index in [0.29, 0.717) is 12.2 Å². The molecule has 0 unspecified atom stereocenters. The molecule has 1 aliphatic carbocycles. The fourth-order valence-electron chi connectivity index (χ4n) is 3.02. The molecule has 0 aromatic heterocycles. The maximum absolute atomic E-state index is 14.0. The van der Waals surface area contributed by atoms with Gasteiger partial charge in [0.2, 0.25) is 0 Å². The first-order valence-electron chi connectivity index (χ1n) is 7.60. The third-order valence-electron chi connectivity index (χ3n) is 4.19. The maximum Gasteiger partial charge on any atom is 0.173 e. The highest BCUT2D eigenvalue weighted by molar-refractivity contribution is 6.32. The predicted molar refractivity (Wildman–Crippen MR) is 89.3 cm³/mol. The summed E-state index contributed by atoms with van der Waals surface area (Å²) in [6.45, 7) is 2.11. The quantitative estimate of drug-likeness (QED) is 0.833. The van der Waals surface area contributed by atoms with Crippen molar-refractivity contribution in [3.8, 4) is 5.75 Å². The molecule has 0 saturated heterocycles. The van der Waals surface area contributed by atoms with E-state index in [0.717, 1.165) is 25.7 Å². The van der Waals surface area contributed by atoms with Gasteiger partial charge in [-0.25, -0.2) is 4.39 Å². The van der Waals surface area contributed by atoms with Crippen molar-refractivity contribution in [1.82, 2.24) is 0 Å². The minimum Gasteiger partial charge on any atom is -0.489 e. The molecule has 0 bridgehead atoms. The normalized spacial score (nSPS) is 18.4. The largest absolute Gasteiger partial charge is 0.489 e. The van der Waals surface area contributed by atoms with E-state index in [1.807, 2.05) is 0 Å². The summed E-state index contributed by atoms with van der Waals surface area (Å²) in [5.41, 5.74) is 6.63. The average Bonchev–Trinajstić information content (AvgIpc) is 2.50. The number of hydrogen-bond acceptors (Lipinski definition) is 3. The lowest BCUT2D eigenvalue weighted by molar-refractivity contribution is 0.0617. The molecule has 0 heterocycles. The molecule has 1 fully saturated rings. The topological polar surface area (TPSA) is 55.5 Å². The van der Waals surface area contributed by atoms with Crippen molar-refractivity contribution in [2.75, 3.05) is 6.61 Å². The van der Waals surface area contributed by atoms with E-state index >= 15 is 0 Å². The van der Waals surface area contributed by atoms with Crippen molar-refractivity contribution in [2.24, 2.45) is 11.7 Å². The van der Waals surface area contributed by atoms with E-state index in [1.165, 1.54) is 12.5 Å². The van der Waals surface area contributed by atoms with Crippen LogP contribution in [0.25, 0.3) is 0 Å². The fourth-order valence-corrected chi connectivity index (χ4v) is 3.29. The number of nitrogens with two attached hydrogens (primary N) is 1. The van der Waals surface area contributed by atoms with Crippen molar-refractivity contribution >= 4 is 24.0 Å². The number of halogens is 3. The van der Waals surface area contributed by atoms with Gasteiger partial charge >= 0.3 is 0 Å². The van der Waals surface area contributed by atoms with Crippen LogP contribution >= 0.6 is 24.0 Å². The second-order valence-corrected chi connectivity index (χ2v) is 6.07. The number of aliphatic hydroxyl groups is 1. The van der Waals surface area contributed by atoms with Crippen molar-refractivity contribution in [1.29, 1.82) is 0 Å². The Morgan fingerprint density at radius 2 is 2.00 bits per heavy atom. The van der Waals surface area contributed by atoms with Crippen LogP contribution in [0.15, 0.2) is 12.1 Å². The van der Waals surface area contributed by atoms with Gasteiger partial charge in [-0.3, -0.25) is 0 Å². The highest BCUT2D eigenvalue weighted by atomic mass is 35.5. The van der Waals surface area contributed by atoms with Crippen LogP contribution in [0.5, 0.6) is 5.75 Å². The summed E-state index contributed by atoms with van der Waals surface area (Å²) in [4.78, 5) is 0. The summed E-state index contributed by atoms with van der Waals surface area (Å²) in [5, 5.41) is 10.6. The Bertz CT molecular complexity index is 458.